The predicted octanol–water partition coefficient (Wildman–Crippen LogP) is 7.72. The van der Waals surface area contributed by atoms with Crippen LogP contribution in [0.2, 0.25) is 0 Å². The van der Waals surface area contributed by atoms with E-state index in [4.69, 9.17) is 10.7 Å². The van der Waals surface area contributed by atoms with Crippen molar-refractivity contribution >= 4 is 27.8 Å². The highest BCUT2D eigenvalue weighted by Crippen LogP contribution is 2.66. The van der Waals surface area contributed by atoms with Gasteiger partial charge in [0.1, 0.15) is 6.04 Å². The van der Waals surface area contributed by atoms with Crippen LogP contribution in [0.5, 0.6) is 0 Å². The van der Waals surface area contributed by atoms with Gasteiger partial charge in [-0.05, 0) is 57.1 Å². The van der Waals surface area contributed by atoms with Gasteiger partial charge in [-0.25, -0.2) is 0 Å². The summed E-state index contributed by atoms with van der Waals surface area (Å²) in [4.78, 5) is 10.8. The largest absolute Gasteiger partial charge is 0.390 e. The van der Waals surface area contributed by atoms with Gasteiger partial charge in [-0.15, -0.1) is 11.3 Å². The van der Waals surface area contributed by atoms with Gasteiger partial charge in [0, 0.05) is 26.7 Å². The molecule has 0 saturated carbocycles. The van der Waals surface area contributed by atoms with Crippen molar-refractivity contribution in [2.24, 2.45) is 10.7 Å². The van der Waals surface area contributed by atoms with E-state index >= 15 is 0 Å². The number of pyridine rings is 1. The van der Waals surface area contributed by atoms with Crippen LogP contribution in [-0.4, -0.2) is 11.3 Å². The van der Waals surface area contributed by atoms with E-state index in [-0.39, 0.29) is 11.5 Å². The SMILES string of the molecule is NC=NC(c1ccccn1)c1cccc2c1-c1ccccc1C21c2ccccc2-c2c1sc1ccccc21. The summed E-state index contributed by atoms with van der Waals surface area (Å²) in [6.45, 7) is 0. The van der Waals surface area contributed by atoms with Crippen molar-refractivity contribution in [3.63, 3.8) is 0 Å². The summed E-state index contributed by atoms with van der Waals surface area (Å²) in [6, 6.07) is 39.0. The maximum absolute atomic E-state index is 5.91. The van der Waals surface area contributed by atoms with Crippen molar-refractivity contribution in [1.29, 1.82) is 0 Å². The molecule has 2 aliphatic carbocycles. The van der Waals surface area contributed by atoms with E-state index in [1.807, 2.05) is 35.7 Å². The molecule has 1 spiro atoms. The summed E-state index contributed by atoms with van der Waals surface area (Å²) in [7, 11) is 0. The summed E-state index contributed by atoms with van der Waals surface area (Å²) >= 11 is 1.93. The van der Waals surface area contributed by atoms with Gasteiger partial charge in [0.05, 0.1) is 17.4 Å². The molecule has 0 amide bonds. The van der Waals surface area contributed by atoms with Gasteiger partial charge in [0.2, 0.25) is 0 Å². The van der Waals surface area contributed by atoms with E-state index in [1.165, 1.54) is 60.2 Å². The van der Waals surface area contributed by atoms with Crippen LogP contribution < -0.4 is 5.73 Å². The molecule has 2 heterocycles. The molecule has 2 aliphatic rings. The molecule has 0 aliphatic heterocycles. The molecule has 180 valence electrons. The van der Waals surface area contributed by atoms with E-state index < -0.39 is 0 Å². The zero-order valence-electron chi connectivity index (χ0n) is 20.5. The Bertz CT molecular complexity index is 1900. The van der Waals surface area contributed by atoms with E-state index in [0.29, 0.717) is 0 Å². The number of nitrogens with two attached hydrogens (primary N) is 1. The molecule has 2 atom stereocenters. The number of hydrogen-bond donors (Lipinski definition) is 1. The summed E-state index contributed by atoms with van der Waals surface area (Å²) in [6.07, 6.45) is 3.23. The molecule has 2 unspecified atom stereocenters. The van der Waals surface area contributed by atoms with Crippen molar-refractivity contribution in [2.45, 2.75) is 11.5 Å². The minimum atomic E-state index is -0.376. The van der Waals surface area contributed by atoms with Crippen LogP contribution in [0.3, 0.4) is 0 Å². The van der Waals surface area contributed by atoms with Crippen LogP contribution >= 0.6 is 11.3 Å². The third-order valence-electron chi connectivity index (χ3n) is 8.14. The van der Waals surface area contributed by atoms with E-state index in [1.54, 1.807) is 0 Å². The second kappa shape index (κ2) is 7.98. The maximum Gasteiger partial charge on any atom is 0.119 e. The zero-order chi connectivity index (χ0) is 25.3. The number of aromatic nitrogens is 1. The van der Waals surface area contributed by atoms with Crippen molar-refractivity contribution < 1.29 is 0 Å². The van der Waals surface area contributed by atoms with E-state index in [0.717, 1.165) is 11.3 Å². The van der Waals surface area contributed by atoms with Crippen LogP contribution in [0.15, 0.2) is 120 Å². The Morgan fingerprint density at radius 1 is 0.711 bits per heavy atom. The van der Waals surface area contributed by atoms with Crippen LogP contribution in [0.1, 0.15) is 38.9 Å². The van der Waals surface area contributed by atoms with Gasteiger partial charge in [-0.3, -0.25) is 9.98 Å². The predicted molar refractivity (Wildman–Crippen MR) is 157 cm³/mol. The standard InChI is InChI=1S/C34H23N3S/c35-20-37-32(28-17-7-8-19-36-28)24-13-9-16-27-30(24)21-10-1-4-14-25(21)34(27)26-15-5-2-11-22(26)31-23-12-3-6-18-29(23)38-33(31)34/h1-20,32H,(H2,35,37). The zero-order valence-corrected chi connectivity index (χ0v) is 21.3. The third kappa shape index (κ3) is 2.62. The lowest BCUT2D eigenvalue weighted by Crippen LogP contribution is -2.25. The first-order chi connectivity index (χ1) is 18.8. The van der Waals surface area contributed by atoms with Crippen molar-refractivity contribution in [3.8, 4) is 22.3 Å². The van der Waals surface area contributed by atoms with Gasteiger partial charge in [-0.2, -0.15) is 0 Å². The highest BCUT2D eigenvalue weighted by Gasteiger charge is 2.53. The van der Waals surface area contributed by atoms with Gasteiger partial charge >= 0.3 is 0 Å². The molecule has 2 N–H and O–H groups in total. The van der Waals surface area contributed by atoms with Gasteiger partial charge < -0.3 is 5.73 Å². The first-order valence-electron chi connectivity index (χ1n) is 12.8. The lowest BCUT2D eigenvalue weighted by molar-refractivity contribution is 0.802. The lowest BCUT2D eigenvalue weighted by Gasteiger charge is -2.29. The topological polar surface area (TPSA) is 51.3 Å². The number of hydrogen-bond acceptors (Lipinski definition) is 3. The summed E-state index contributed by atoms with van der Waals surface area (Å²) in [5, 5.41) is 1.33. The van der Waals surface area contributed by atoms with Crippen LogP contribution in [0, 0.1) is 0 Å². The molecule has 2 aromatic heterocycles. The molecule has 0 radical (unpaired) electrons. The highest BCUT2D eigenvalue weighted by atomic mass is 32.1. The number of nitrogens with zero attached hydrogens (tertiary/aromatic N) is 2. The number of rotatable bonds is 3. The Hall–Kier alpha value is -4.54. The number of fused-ring (bicyclic) bond motifs is 12. The second-order valence-electron chi connectivity index (χ2n) is 9.87. The Morgan fingerprint density at radius 3 is 2.16 bits per heavy atom. The highest BCUT2D eigenvalue weighted by molar-refractivity contribution is 7.20. The fourth-order valence-electron chi connectivity index (χ4n) is 6.79. The summed E-state index contributed by atoms with van der Waals surface area (Å²) in [5.74, 6) is 0. The van der Waals surface area contributed by atoms with Crippen LogP contribution in [-0.2, 0) is 5.41 Å². The average Bonchev–Trinajstić information content (AvgIpc) is 3.60. The molecule has 4 aromatic carbocycles. The molecule has 0 bridgehead atoms. The Labute approximate surface area is 225 Å². The molecule has 8 rings (SSSR count). The summed E-state index contributed by atoms with van der Waals surface area (Å²) in [5.41, 5.74) is 16.7. The molecule has 0 saturated heterocycles. The second-order valence-corrected chi connectivity index (χ2v) is 10.9. The molecule has 6 aromatic rings. The third-order valence-corrected chi connectivity index (χ3v) is 9.43. The van der Waals surface area contributed by atoms with E-state index in [9.17, 15) is 0 Å². The smallest absolute Gasteiger partial charge is 0.119 e. The average molecular weight is 506 g/mol. The maximum atomic E-state index is 5.91. The van der Waals surface area contributed by atoms with Crippen LogP contribution in [0.4, 0.5) is 0 Å². The molecular weight excluding hydrogens is 482 g/mol. The van der Waals surface area contributed by atoms with Crippen molar-refractivity contribution in [1.82, 2.24) is 4.98 Å². The van der Waals surface area contributed by atoms with Gasteiger partial charge in [0.15, 0.2) is 0 Å². The Morgan fingerprint density at radius 2 is 1.39 bits per heavy atom. The number of thiophene rings is 1. The fraction of sp³-hybridized carbons (Fsp3) is 0.0588. The van der Waals surface area contributed by atoms with Crippen molar-refractivity contribution in [2.75, 3.05) is 0 Å². The monoisotopic (exact) mass is 505 g/mol. The number of aliphatic imine (C=N–C) groups is 1. The minimum absolute atomic E-state index is 0.294. The fourth-order valence-corrected chi connectivity index (χ4v) is 8.24. The van der Waals surface area contributed by atoms with E-state index in [2.05, 4.69) is 96.0 Å². The lowest BCUT2D eigenvalue weighted by atomic mass is 9.73. The molecule has 4 heteroatoms. The number of benzene rings is 4. The normalized spacial score (nSPS) is 17.5. The molecule has 38 heavy (non-hydrogen) atoms. The molecule has 3 nitrogen and oxygen atoms in total. The van der Waals surface area contributed by atoms with Gasteiger partial charge in [-0.1, -0.05) is 91.0 Å². The molecular formula is C34H23N3S. The first kappa shape index (κ1) is 21.5. The first-order valence-corrected chi connectivity index (χ1v) is 13.6. The Balaban J connectivity index is 1.52. The van der Waals surface area contributed by atoms with Crippen molar-refractivity contribution in [3.05, 3.63) is 148 Å². The minimum Gasteiger partial charge on any atom is -0.390 e. The van der Waals surface area contributed by atoms with Crippen LogP contribution in [0.25, 0.3) is 32.3 Å². The Kier molecular flexibility index (Phi) is 4.52. The van der Waals surface area contributed by atoms with Gasteiger partial charge in [0.25, 0.3) is 0 Å². The summed E-state index contributed by atoms with van der Waals surface area (Å²) < 4.78 is 1.33. The molecule has 0 fully saturated rings. The quantitative estimate of drug-likeness (QED) is 0.197.